The van der Waals surface area contributed by atoms with Crippen LogP contribution in [0.2, 0.25) is 0 Å². The first-order valence-electron chi connectivity index (χ1n) is 8.98. The van der Waals surface area contributed by atoms with Crippen LogP contribution in [-0.2, 0) is 16.0 Å². The minimum Gasteiger partial charge on any atom is -0.443 e. The van der Waals surface area contributed by atoms with Crippen LogP contribution in [0.15, 0.2) is 54.6 Å². The lowest BCUT2D eigenvalue weighted by Crippen LogP contribution is -2.43. The van der Waals surface area contributed by atoms with E-state index in [1.807, 2.05) is 30.3 Å². The molecule has 5 heteroatoms. The molecule has 2 aromatic rings. The van der Waals surface area contributed by atoms with Crippen molar-refractivity contribution in [3.63, 3.8) is 0 Å². The normalized spacial score (nSPS) is 17.3. The predicted octanol–water partition coefficient (Wildman–Crippen LogP) is 4.80. The lowest BCUT2D eigenvalue weighted by atomic mass is 10.00. The largest absolute Gasteiger partial charge is 0.443 e. The smallest absolute Gasteiger partial charge is 0.417 e. The first kappa shape index (κ1) is 19.2. The lowest BCUT2D eigenvalue weighted by Gasteiger charge is -2.27. The Bertz CT molecular complexity index is 853. The molecule has 1 unspecified atom stereocenters. The SMILES string of the molecule is CC(C)(C)OC(=O)N1C(=O)C(=S)CC1Cc1ccc(-c2ccccc2)cc1. The summed E-state index contributed by atoms with van der Waals surface area (Å²) in [6.45, 7) is 5.34. The zero-order chi connectivity index (χ0) is 19.6. The van der Waals surface area contributed by atoms with Gasteiger partial charge >= 0.3 is 6.09 Å². The zero-order valence-corrected chi connectivity index (χ0v) is 16.6. The molecule has 27 heavy (non-hydrogen) atoms. The van der Waals surface area contributed by atoms with E-state index >= 15 is 0 Å². The summed E-state index contributed by atoms with van der Waals surface area (Å²) in [5, 5.41) is 0. The summed E-state index contributed by atoms with van der Waals surface area (Å²) in [4.78, 5) is 26.3. The quantitative estimate of drug-likeness (QED) is 0.717. The van der Waals surface area contributed by atoms with Gasteiger partial charge in [-0.2, -0.15) is 0 Å². The van der Waals surface area contributed by atoms with Gasteiger partial charge in [-0.25, -0.2) is 9.69 Å². The summed E-state index contributed by atoms with van der Waals surface area (Å²) < 4.78 is 5.39. The van der Waals surface area contributed by atoms with Crippen molar-refractivity contribution in [1.29, 1.82) is 0 Å². The molecule has 0 radical (unpaired) electrons. The van der Waals surface area contributed by atoms with Gasteiger partial charge in [0.15, 0.2) is 0 Å². The molecule has 1 fully saturated rings. The standard InChI is InChI=1S/C22H23NO3S/c1-22(2,3)26-21(25)23-18(14-19(27)20(23)24)13-15-9-11-17(12-10-15)16-7-5-4-6-8-16/h4-12,18H,13-14H2,1-3H3. The van der Waals surface area contributed by atoms with Crippen LogP contribution >= 0.6 is 12.2 Å². The number of nitrogens with zero attached hydrogens (tertiary/aromatic N) is 1. The van der Waals surface area contributed by atoms with Crippen LogP contribution in [0.1, 0.15) is 32.8 Å². The maximum Gasteiger partial charge on any atom is 0.417 e. The molecule has 3 rings (SSSR count). The number of imide groups is 1. The maximum atomic E-state index is 12.5. The number of ether oxygens (including phenoxy) is 1. The Kier molecular flexibility index (Phi) is 5.42. The van der Waals surface area contributed by atoms with E-state index in [0.717, 1.165) is 16.7 Å². The third-order valence-electron chi connectivity index (χ3n) is 4.37. The fourth-order valence-electron chi connectivity index (χ4n) is 3.14. The number of amides is 2. The monoisotopic (exact) mass is 381 g/mol. The third-order valence-corrected chi connectivity index (χ3v) is 4.71. The summed E-state index contributed by atoms with van der Waals surface area (Å²) in [5.41, 5.74) is 2.66. The van der Waals surface area contributed by atoms with Crippen molar-refractivity contribution in [2.45, 2.75) is 45.3 Å². The van der Waals surface area contributed by atoms with Gasteiger partial charge in [0, 0.05) is 6.42 Å². The summed E-state index contributed by atoms with van der Waals surface area (Å²) in [5.74, 6) is -0.412. The number of carbonyl (C=O) groups excluding carboxylic acids is 2. The summed E-state index contributed by atoms with van der Waals surface area (Å²) in [6, 6.07) is 18.0. The van der Waals surface area contributed by atoms with Crippen LogP contribution in [0.5, 0.6) is 0 Å². The molecule has 0 N–H and O–H groups in total. The number of hydrogen-bond acceptors (Lipinski definition) is 4. The van der Waals surface area contributed by atoms with Crippen LogP contribution in [0.4, 0.5) is 4.79 Å². The van der Waals surface area contributed by atoms with Gasteiger partial charge in [-0.15, -0.1) is 0 Å². The van der Waals surface area contributed by atoms with Crippen LogP contribution in [0.3, 0.4) is 0 Å². The van der Waals surface area contributed by atoms with E-state index in [1.165, 1.54) is 4.90 Å². The second-order valence-corrected chi connectivity index (χ2v) is 8.20. The lowest BCUT2D eigenvalue weighted by molar-refractivity contribution is -0.123. The highest BCUT2D eigenvalue weighted by Crippen LogP contribution is 2.25. The van der Waals surface area contributed by atoms with Gasteiger partial charge in [-0.3, -0.25) is 4.79 Å². The number of likely N-dealkylation sites (tertiary alicyclic amines) is 1. The number of thiocarbonyl (C=S) groups is 1. The molecule has 1 atom stereocenters. The number of benzene rings is 2. The van der Waals surface area contributed by atoms with Crippen molar-refractivity contribution >= 4 is 29.1 Å². The van der Waals surface area contributed by atoms with Gasteiger partial charge in [0.1, 0.15) is 5.60 Å². The predicted molar refractivity (Wildman–Crippen MR) is 110 cm³/mol. The number of rotatable bonds is 3. The van der Waals surface area contributed by atoms with E-state index < -0.39 is 17.6 Å². The molecule has 1 aliphatic heterocycles. The van der Waals surface area contributed by atoms with Crippen molar-refractivity contribution in [2.75, 3.05) is 0 Å². The molecule has 1 aliphatic rings. The van der Waals surface area contributed by atoms with E-state index in [1.54, 1.807) is 20.8 Å². The molecule has 0 saturated carbocycles. The minimum atomic E-state index is -0.663. The summed E-state index contributed by atoms with van der Waals surface area (Å²) in [7, 11) is 0. The van der Waals surface area contributed by atoms with Gasteiger partial charge < -0.3 is 4.74 Å². The molecule has 0 bridgehead atoms. The average molecular weight is 381 g/mol. The van der Waals surface area contributed by atoms with E-state index in [4.69, 9.17) is 17.0 Å². The van der Waals surface area contributed by atoms with Gasteiger partial charge in [-0.1, -0.05) is 66.8 Å². The molecule has 0 aromatic heterocycles. The molecule has 0 spiro atoms. The third kappa shape index (κ3) is 4.61. The Morgan fingerprint density at radius 3 is 2.26 bits per heavy atom. The highest BCUT2D eigenvalue weighted by atomic mass is 32.1. The highest BCUT2D eigenvalue weighted by molar-refractivity contribution is 7.82. The van der Waals surface area contributed by atoms with E-state index in [2.05, 4.69) is 24.3 Å². The molecule has 2 aromatic carbocycles. The van der Waals surface area contributed by atoms with Gasteiger partial charge in [-0.05, 0) is 43.9 Å². The van der Waals surface area contributed by atoms with E-state index in [0.29, 0.717) is 12.8 Å². The Morgan fingerprint density at radius 1 is 1.07 bits per heavy atom. The van der Waals surface area contributed by atoms with Gasteiger partial charge in [0.25, 0.3) is 5.91 Å². The molecule has 140 valence electrons. The first-order chi connectivity index (χ1) is 12.7. The zero-order valence-electron chi connectivity index (χ0n) is 15.8. The Labute approximate surface area is 165 Å². The molecule has 2 amide bonds. The van der Waals surface area contributed by atoms with Crippen LogP contribution in [0, 0.1) is 0 Å². The van der Waals surface area contributed by atoms with Crippen LogP contribution < -0.4 is 0 Å². The first-order valence-corrected chi connectivity index (χ1v) is 9.39. The van der Waals surface area contributed by atoms with E-state index in [9.17, 15) is 9.59 Å². The topological polar surface area (TPSA) is 46.6 Å². The Morgan fingerprint density at radius 2 is 1.67 bits per heavy atom. The molecular formula is C22H23NO3S. The Balaban J connectivity index is 1.76. The number of carbonyl (C=O) groups is 2. The molecular weight excluding hydrogens is 358 g/mol. The second-order valence-electron chi connectivity index (χ2n) is 7.70. The van der Waals surface area contributed by atoms with E-state index in [-0.39, 0.29) is 10.9 Å². The van der Waals surface area contributed by atoms with Crippen molar-refractivity contribution < 1.29 is 14.3 Å². The van der Waals surface area contributed by atoms with Gasteiger partial charge in [0.05, 0.1) is 10.9 Å². The maximum absolute atomic E-state index is 12.5. The summed E-state index contributed by atoms with van der Waals surface area (Å²) >= 11 is 5.16. The van der Waals surface area contributed by atoms with Crippen molar-refractivity contribution in [1.82, 2.24) is 4.90 Å². The van der Waals surface area contributed by atoms with Gasteiger partial charge in [0.2, 0.25) is 0 Å². The second kappa shape index (κ2) is 7.61. The highest BCUT2D eigenvalue weighted by Gasteiger charge is 2.41. The number of hydrogen-bond donors (Lipinski definition) is 0. The van der Waals surface area contributed by atoms with Crippen molar-refractivity contribution in [3.05, 3.63) is 60.2 Å². The van der Waals surface area contributed by atoms with Crippen LogP contribution in [-0.4, -0.2) is 33.4 Å². The molecule has 0 aliphatic carbocycles. The molecule has 4 nitrogen and oxygen atoms in total. The minimum absolute atomic E-state index is 0.284. The average Bonchev–Trinajstić information content (AvgIpc) is 2.89. The summed E-state index contributed by atoms with van der Waals surface area (Å²) in [6.07, 6.45) is 0.326. The Hall–Kier alpha value is -2.53. The fourth-order valence-corrected chi connectivity index (χ4v) is 3.43. The van der Waals surface area contributed by atoms with Crippen molar-refractivity contribution in [3.8, 4) is 11.1 Å². The fraction of sp³-hybridized carbons (Fsp3) is 0.318. The van der Waals surface area contributed by atoms with Crippen LogP contribution in [0.25, 0.3) is 11.1 Å². The molecule has 1 heterocycles. The van der Waals surface area contributed by atoms with Crippen molar-refractivity contribution in [2.24, 2.45) is 0 Å². The molecule has 1 saturated heterocycles.